The number of ether oxygens (including phenoxy) is 1. The normalized spacial score (nSPS) is 19.8. The fourth-order valence-electron chi connectivity index (χ4n) is 3.29. The summed E-state index contributed by atoms with van der Waals surface area (Å²) >= 11 is 0. The van der Waals surface area contributed by atoms with Crippen LogP contribution in [0.1, 0.15) is 19.3 Å². The Bertz CT molecular complexity index is 945. The first-order valence-corrected chi connectivity index (χ1v) is 9.94. The number of nitrogens with one attached hydrogen (secondary N) is 1. The Kier molecular flexibility index (Phi) is 5.57. The van der Waals surface area contributed by atoms with Crippen LogP contribution in [-0.2, 0) is 19.6 Å². The van der Waals surface area contributed by atoms with Crippen molar-refractivity contribution in [1.82, 2.24) is 4.72 Å². The van der Waals surface area contributed by atoms with Crippen LogP contribution in [0, 0.1) is 17.6 Å². The molecule has 0 radical (unpaired) electrons. The third kappa shape index (κ3) is 4.33. The highest BCUT2D eigenvalue weighted by Gasteiger charge is 2.33. The number of methoxy groups -OCH3 is 1. The van der Waals surface area contributed by atoms with Crippen LogP contribution in [0.4, 0.5) is 8.78 Å². The van der Waals surface area contributed by atoms with Gasteiger partial charge in [0.2, 0.25) is 10.0 Å². The summed E-state index contributed by atoms with van der Waals surface area (Å²) < 4.78 is 59.3. The van der Waals surface area contributed by atoms with Gasteiger partial charge < -0.3 is 4.74 Å². The molecule has 2 aromatic carbocycles. The molecular weight excluding hydrogens is 376 g/mol. The zero-order chi connectivity index (χ0) is 19.6. The molecule has 0 heterocycles. The van der Waals surface area contributed by atoms with E-state index in [4.69, 9.17) is 4.74 Å². The van der Waals surface area contributed by atoms with Gasteiger partial charge in [0.05, 0.1) is 17.9 Å². The fraction of sp³-hybridized carbons (Fsp3) is 0.316. The van der Waals surface area contributed by atoms with Crippen molar-refractivity contribution in [2.45, 2.75) is 30.2 Å². The van der Waals surface area contributed by atoms with Crippen molar-refractivity contribution in [2.75, 3.05) is 7.11 Å². The first kappa shape index (κ1) is 19.4. The first-order chi connectivity index (χ1) is 12.8. The minimum Gasteiger partial charge on any atom is -0.469 e. The number of hydrogen-bond acceptors (Lipinski definition) is 4. The summed E-state index contributed by atoms with van der Waals surface area (Å²) in [4.78, 5) is 11.6. The summed E-state index contributed by atoms with van der Waals surface area (Å²) in [7, 11) is -2.46. The number of carbonyl (C=O) groups excluding carboxylic acids is 1. The monoisotopic (exact) mass is 395 g/mol. The zero-order valence-corrected chi connectivity index (χ0v) is 15.4. The lowest BCUT2D eigenvalue weighted by Crippen LogP contribution is -2.33. The highest BCUT2D eigenvalue weighted by molar-refractivity contribution is 7.89. The smallest absolute Gasteiger partial charge is 0.308 e. The molecule has 0 aromatic heterocycles. The van der Waals surface area contributed by atoms with E-state index in [9.17, 15) is 22.0 Å². The van der Waals surface area contributed by atoms with E-state index in [0.29, 0.717) is 24.8 Å². The van der Waals surface area contributed by atoms with E-state index in [2.05, 4.69) is 4.72 Å². The Morgan fingerprint density at radius 1 is 1.11 bits per heavy atom. The molecular formula is C19H19F2NO4S. The molecule has 5 nitrogen and oxygen atoms in total. The van der Waals surface area contributed by atoms with E-state index in [-0.39, 0.29) is 28.4 Å². The number of rotatable bonds is 5. The highest BCUT2D eigenvalue weighted by atomic mass is 32.2. The Labute approximate surface area is 156 Å². The van der Waals surface area contributed by atoms with Crippen LogP contribution in [0.2, 0.25) is 0 Å². The standard InChI is InChI=1S/C19H19F2NO4S/c1-26-19(23)13-2-6-15(10-13)22-27(24,25)16-7-3-12(4-8-16)17-9-5-14(20)11-18(17)21/h3-5,7-9,11,13,15,22H,2,6,10H2,1H3/t13-,15+/m1/s1. The number of carbonyl (C=O) groups is 1. The number of esters is 1. The predicted molar refractivity (Wildman–Crippen MR) is 95.3 cm³/mol. The maximum Gasteiger partial charge on any atom is 0.308 e. The summed E-state index contributed by atoms with van der Waals surface area (Å²) in [6.45, 7) is 0. The minimum absolute atomic E-state index is 0.0373. The van der Waals surface area contributed by atoms with Gasteiger partial charge in [-0.3, -0.25) is 4.79 Å². The van der Waals surface area contributed by atoms with Gasteiger partial charge in [-0.25, -0.2) is 21.9 Å². The molecule has 1 aliphatic carbocycles. The molecule has 27 heavy (non-hydrogen) atoms. The third-order valence-corrected chi connectivity index (χ3v) is 6.23. The van der Waals surface area contributed by atoms with Gasteiger partial charge in [0.25, 0.3) is 0 Å². The van der Waals surface area contributed by atoms with Gasteiger partial charge in [0, 0.05) is 17.7 Å². The van der Waals surface area contributed by atoms with Gasteiger partial charge in [0.15, 0.2) is 0 Å². The van der Waals surface area contributed by atoms with Crippen molar-refractivity contribution in [3.05, 3.63) is 54.1 Å². The van der Waals surface area contributed by atoms with Gasteiger partial charge in [-0.2, -0.15) is 0 Å². The maximum atomic E-state index is 13.9. The maximum absolute atomic E-state index is 13.9. The third-order valence-electron chi connectivity index (χ3n) is 4.70. The highest BCUT2D eigenvalue weighted by Crippen LogP contribution is 2.29. The quantitative estimate of drug-likeness (QED) is 0.789. The lowest BCUT2D eigenvalue weighted by atomic mass is 10.1. The molecule has 0 amide bonds. The van der Waals surface area contributed by atoms with Gasteiger partial charge in [-0.05, 0) is 49.1 Å². The summed E-state index contributed by atoms with van der Waals surface area (Å²) in [5.41, 5.74) is 0.628. The lowest BCUT2D eigenvalue weighted by molar-refractivity contribution is -0.145. The molecule has 0 bridgehead atoms. The van der Waals surface area contributed by atoms with Gasteiger partial charge in [-0.1, -0.05) is 12.1 Å². The van der Waals surface area contributed by atoms with E-state index < -0.39 is 21.7 Å². The molecule has 3 rings (SSSR count). The molecule has 144 valence electrons. The van der Waals surface area contributed by atoms with Crippen LogP contribution >= 0.6 is 0 Å². The molecule has 0 spiro atoms. The van der Waals surface area contributed by atoms with E-state index in [1.54, 1.807) is 0 Å². The second-order valence-corrected chi connectivity index (χ2v) is 8.21. The molecule has 0 aliphatic heterocycles. The summed E-state index contributed by atoms with van der Waals surface area (Å²) in [6.07, 6.45) is 1.52. The van der Waals surface area contributed by atoms with Crippen LogP contribution in [0.15, 0.2) is 47.4 Å². The number of sulfonamides is 1. The molecule has 8 heteroatoms. The molecule has 1 fully saturated rings. The Hall–Kier alpha value is -2.32. The second kappa shape index (κ2) is 7.74. The number of benzene rings is 2. The van der Waals surface area contributed by atoms with Crippen LogP contribution in [0.25, 0.3) is 11.1 Å². The average Bonchev–Trinajstić information content (AvgIpc) is 3.09. The molecule has 2 aromatic rings. The van der Waals surface area contributed by atoms with Crippen molar-refractivity contribution in [2.24, 2.45) is 5.92 Å². The van der Waals surface area contributed by atoms with Crippen molar-refractivity contribution in [3.8, 4) is 11.1 Å². The molecule has 2 atom stereocenters. The average molecular weight is 395 g/mol. The van der Waals surface area contributed by atoms with E-state index in [1.807, 2.05) is 0 Å². The van der Waals surface area contributed by atoms with E-state index >= 15 is 0 Å². The molecule has 0 unspecified atom stereocenters. The van der Waals surface area contributed by atoms with Crippen LogP contribution in [-0.4, -0.2) is 27.5 Å². The second-order valence-electron chi connectivity index (χ2n) is 6.50. The van der Waals surface area contributed by atoms with Crippen LogP contribution in [0.5, 0.6) is 0 Å². The first-order valence-electron chi connectivity index (χ1n) is 8.46. The predicted octanol–water partition coefficient (Wildman–Crippen LogP) is 3.25. The summed E-state index contributed by atoms with van der Waals surface area (Å²) in [5, 5.41) is 0. The Balaban J connectivity index is 1.73. The van der Waals surface area contributed by atoms with Crippen LogP contribution in [0.3, 0.4) is 0 Å². The Morgan fingerprint density at radius 3 is 2.44 bits per heavy atom. The minimum atomic E-state index is -3.77. The largest absolute Gasteiger partial charge is 0.469 e. The summed E-state index contributed by atoms with van der Waals surface area (Å²) in [6, 6.07) is 8.56. The van der Waals surface area contributed by atoms with Gasteiger partial charge in [-0.15, -0.1) is 0 Å². The van der Waals surface area contributed by atoms with Gasteiger partial charge >= 0.3 is 5.97 Å². The van der Waals surface area contributed by atoms with Crippen molar-refractivity contribution in [1.29, 1.82) is 0 Å². The van der Waals surface area contributed by atoms with Crippen LogP contribution < -0.4 is 4.72 Å². The molecule has 1 N–H and O–H groups in total. The van der Waals surface area contributed by atoms with Gasteiger partial charge in [0.1, 0.15) is 11.6 Å². The zero-order valence-electron chi connectivity index (χ0n) is 14.6. The van der Waals surface area contributed by atoms with Crippen molar-refractivity contribution < 1.29 is 26.7 Å². The van der Waals surface area contributed by atoms with E-state index in [1.165, 1.54) is 37.4 Å². The van der Waals surface area contributed by atoms with E-state index in [0.717, 1.165) is 12.1 Å². The lowest BCUT2D eigenvalue weighted by Gasteiger charge is -2.14. The SMILES string of the molecule is COC(=O)[C@@H]1CC[C@H](NS(=O)(=O)c2ccc(-c3ccc(F)cc3F)cc2)C1. The molecule has 0 saturated heterocycles. The number of hydrogen-bond donors (Lipinski definition) is 1. The number of halogens is 2. The summed E-state index contributed by atoms with van der Waals surface area (Å²) in [5.74, 6) is -2.03. The van der Waals surface area contributed by atoms with Crippen molar-refractivity contribution >= 4 is 16.0 Å². The molecule has 1 saturated carbocycles. The fourth-order valence-corrected chi connectivity index (χ4v) is 4.58. The van der Waals surface area contributed by atoms with Crippen molar-refractivity contribution in [3.63, 3.8) is 0 Å². The Morgan fingerprint density at radius 2 is 1.81 bits per heavy atom. The molecule has 1 aliphatic rings. The topological polar surface area (TPSA) is 72.5 Å².